The van der Waals surface area contributed by atoms with Crippen molar-refractivity contribution in [2.24, 2.45) is 11.7 Å². The van der Waals surface area contributed by atoms with E-state index < -0.39 is 0 Å². The van der Waals surface area contributed by atoms with Gasteiger partial charge in [-0.3, -0.25) is 9.80 Å². The Morgan fingerprint density at radius 1 is 1.12 bits per heavy atom. The number of nitrogens with zero attached hydrogens (tertiary/aromatic N) is 2. The van der Waals surface area contributed by atoms with Crippen molar-refractivity contribution in [2.75, 3.05) is 32.7 Å². The van der Waals surface area contributed by atoms with Gasteiger partial charge in [0, 0.05) is 38.3 Å². The van der Waals surface area contributed by atoms with Crippen LogP contribution in [-0.4, -0.2) is 54.6 Å². The molecule has 1 heterocycles. The number of hydrogen-bond acceptors (Lipinski definition) is 3. The number of piperazine rings is 1. The second-order valence-electron chi connectivity index (χ2n) is 5.66. The summed E-state index contributed by atoms with van der Waals surface area (Å²) in [6.07, 6.45) is 4.12. The smallest absolute Gasteiger partial charge is 0.0137 e. The van der Waals surface area contributed by atoms with Crippen LogP contribution in [0.5, 0.6) is 0 Å². The number of nitrogens with two attached hydrogens (primary N) is 1. The molecule has 2 unspecified atom stereocenters. The predicted octanol–water partition coefficient (Wildman–Crippen LogP) is 1.14. The van der Waals surface area contributed by atoms with Crippen LogP contribution < -0.4 is 5.73 Å². The molecule has 0 radical (unpaired) electrons. The third-order valence-electron chi connectivity index (χ3n) is 4.47. The highest BCUT2D eigenvalue weighted by atomic mass is 15.3. The van der Waals surface area contributed by atoms with Crippen molar-refractivity contribution in [1.29, 1.82) is 0 Å². The molecule has 3 heteroatoms. The summed E-state index contributed by atoms with van der Waals surface area (Å²) in [6.45, 7) is 10.5. The molecule has 2 rings (SSSR count). The lowest BCUT2D eigenvalue weighted by Crippen LogP contribution is -2.53. The van der Waals surface area contributed by atoms with Crippen LogP contribution in [-0.2, 0) is 0 Å². The average molecular weight is 225 g/mol. The molecule has 0 aromatic heterocycles. The Kier molecular flexibility index (Phi) is 4.22. The minimum Gasteiger partial charge on any atom is -0.330 e. The topological polar surface area (TPSA) is 32.5 Å². The molecule has 1 saturated carbocycles. The lowest BCUT2D eigenvalue weighted by Gasteiger charge is -2.41. The molecule has 0 spiro atoms. The van der Waals surface area contributed by atoms with Crippen LogP contribution in [0.4, 0.5) is 0 Å². The molecule has 0 amide bonds. The van der Waals surface area contributed by atoms with Gasteiger partial charge in [-0.1, -0.05) is 6.42 Å². The summed E-state index contributed by atoms with van der Waals surface area (Å²) in [5, 5.41) is 0. The fraction of sp³-hybridized carbons (Fsp3) is 1.00. The molecule has 0 aromatic carbocycles. The quantitative estimate of drug-likeness (QED) is 0.782. The van der Waals surface area contributed by atoms with E-state index in [9.17, 15) is 0 Å². The Morgan fingerprint density at radius 3 is 2.38 bits per heavy atom. The van der Waals surface area contributed by atoms with Crippen molar-refractivity contribution in [3.63, 3.8) is 0 Å². The predicted molar refractivity (Wildman–Crippen MR) is 68.5 cm³/mol. The van der Waals surface area contributed by atoms with Crippen molar-refractivity contribution in [3.05, 3.63) is 0 Å². The van der Waals surface area contributed by atoms with Crippen LogP contribution in [0.1, 0.15) is 33.1 Å². The molecule has 2 atom stereocenters. The van der Waals surface area contributed by atoms with Gasteiger partial charge in [0.05, 0.1) is 0 Å². The van der Waals surface area contributed by atoms with E-state index in [4.69, 9.17) is 5.73 Å². The lowest BCUT2D eigenvalue weighted by molar-refractivity contribution is 0.0657. The molecular formula is C13H27N3. The number of rotatable bonds is 3. The molecule has 1 aliphatic carbocycles. The van der Waals surface area contributed by atoms with Crippen LogP contribution >= 0.6 is 0 Å². The monoisotopic (exact) mass is 225 g/mol. The van der Waals surface area contributed by atoms with Gasteiger partial charge in [-0.05, 0) is 39.2 Å². The molecule has 16 heavy (non-hydrogen) atoms. The first-order chi connectivity index (χ1) is 7.72. The zero-order valence-electron chi connectivity index (χ0n) is 10.9. The summed E-state index contributed by atoms with van der Waals surface area (Å²) in [5.41, 5.74) is 5.87. The Bertz CT molecular complexity index is 209. The maximum absolute atomic E-state index is 5.87. The Balaban J connectivity index is 1.84. The lowest BCUT2D eigenvalue weighted by atomic mass is 10.0. The fourth-order valence-corrected chi connectivity index (χ4v) is 3.36. The minimum atomic E-state index is 0.705. The Morgan fingerprint density at radius 2 is 1.81 bits per heavy atom. The summed E-state index contributed by atoms with van der Waals surface area (Å²) in [7, 11) is 0. The van der Waals surface area contributed by atoms with Gasteiger partial charge in [0.25, 0.3) is 0 Å². The van der Waals surface area contributed by atoms with E-state index in [1.165, 1.54) is 45.4 Å². The van der Waals surface area contributed by atoms with Crippen molar-refractivity contribution in [3.8, 4) is 0 Å². The second-order valence-corrected chi connectivity index (χ2v) is 5.66. The maximum atomic E-state index is 5.87. The van der Waals surface area contributed by atoms with Crippen LogP contribution in [0.15, 0.2) is 0 Å². The summed E-state index contributed by atoms with van der Waals surface area (Å²) in [4.78, 5) is 5.28. The SMILES string of the molecule is CC(C)N1CCN(C2CCCC2CN)CC1. The Labute approximate surface area is 100.0 Å². The van der Waals surface area contributed by atoms with Gasteiger partial charge >= 0.3 is 0 Å². The van der Waals surface area contributed by atoms with E-state index in [0.29, 0.717) is 6.04 Å². The summed E-state index contributed by atoms with van der Waals surface area (Å²) in [6, 6.07) is 1.50. The molecule has 1 saturated heterocycles. The zero-order valence-corrected chi connectivity index (χ0v) is 10.9. The van der Waals surface area contributed by atoms with Crippen molar-refractivity contribution < 1.29 is 0 Å². The molecule has 2 N–H and O–H groups in total. The standard InChI is InChI=1S/C13H27N3/c1-11(2)15-6-8-16(9-7-15)13-5-3-4-12(13)10-14/h11-13H,3-10,14H2,1-2H3. The van der Waals surface area contributed by atoms with Crippen LogP contribution in [0.25, 0.3) is 0 Å². The first-order valence-corrected chi connectivity index (χ1v) is 6.90. The summed E-state index contributed by atoms with van der Waals surface area (Å²) in [5.74, 6) is 0.769. The van der Waals surface area contributed by atoms with Gasteiger partial charge in [0.2, 0.25) is 0 Å². The molecule has 0 bridgehead atoms. The summed E-state index contributed by atoms with van der Waals surface area (Å²) >= 11 is 0. The van der Waals surface area contributed by atoms with E-state index in [1.54, 1.807) is 0 Å². The van der Waals surface area contributed by atoms with Crippen LogP contribution in [0.2, 0.25) is 0 Å². The normalized spacial score (nSPS) is 33.8. The minimum absolute atomic E-state index is 0.705. The van der Waals surface area contributed by atoms with Crippen LogP contribution in [0, 0.1) is 5.92 Å². The molecule has 3 nitrogen and oxygen atoms in total. The highest BCUT2D eigenvalue weighted by molar-refractivity contribution is 4.88. The third kappa shape index (κ3) is 2.58. The molecule has 1 aliphatic heterocycles. The van der Waals surface area contributed by atoms with Crippen molar-refractivity contribution >= 4 is 0 Å². The van der Waals surface area contributed by atoms with E-state index in [2.05, 4.69) is 23.6 Å². The van der Waals surface area contributed by atoms with E-state index in [-0.39, 0.29) is 0 Å². The molecule has 2 fully saturated rings. The van der Waals surface area contributed by atoms with E-state index in [0.717, 1.165) is 18.5 Å². The molecule has 0 aromatic rings. The van der Waals surface area contributed by atoms with Gasteiger partial charge in [-0.15, -0.1) is 0 Å². The first kappa shape index (κ1) is 12.3. The second kappa shape index (κ2) is 5.48. The van der Waals surface area contributed by atoms with Gasteiger partial charge < -0.3 is 5.73 Å². The van der Waals surface area contributed by atoms with Gasteiger partial charge in [-0.2, -0.15) is 0 Å². The van der Waals surface area contributed by atoms with Crippen molar-refractivity contribution in [2.45, 2.75) is 45.2 Å². The fourth-order valence-electron chi connectivity index (χ4n) is 3.36. The molecule has 2 aliphatic rings. The van der Waals surface area contributed by atoms with Crippen molar-refractivity contribution in [1.82, 2.24) is 9.80 Å². The van der Waals surface area contributed by atoms with E-state index in [1.807, 2.05) is 0 Å². The van der Waals surface area contributed by atoms with E-state index >= 15 is 0 Å². The maximum Gasteiger partial charge on any atom is 0.0137 e. The highest BCUT2D eigenvalue weighted by Gasteiger charge is 2.32. The Hall–Kier alpha value is -0.120. The van der Waals surface area contributed by atoms with Gasteiger partial charge in [-0.25, -0.2) is 0 Å². The largest absolute Gasteiger partial charge is 0.330 e. The van der Waals surface area contributed by atoms with Crippen LogP contribution in [0.3, 0.4) is 0 Å². The van der Waals surface area contributed by atoms with Gasteiger partial charge in [0.1, 0.15) is 0 Å². The zero-order chi connectivity index (χ0) is 11.5. The van der Waals surface area contributed by atoms with Gasteiger partial charge in [0.15, 0.2) is 0 Å². The third-order valence-corrected chi connectivity index (χ3v) is 4.47. The number of hydrogen-bond donors (Lipinski definition) is 1. The first-order valence-electron chi connectivity index (χ1n) is 6.90. The highest BCUT2D eigenvalue weighted by Crippen LogP contribution is 2.29. The summed E-state index contributed by atoms with van der Waals surface area (Å²) < 4.78 is 0. The average Bonchev–Trinajstić information content (AvgIpc) is 2.77. The molecule has 94 valence electrons. The molecular weight excluding hydrogens is 198 g/mol.